The molecule has 0 aromatic heterocycles. The molecule has 3 heteroatoms. The Morgan fingerprint density at radius 3 is 2.57 bits per heavy atom. The van der Waals surface area contributed by atoms with Crippen LogP contribution in [0, 0.1) is 0 Å². The van der Waals surface area contributed by atoms with Crippen LogP contribution in [-0.2, 0) is 5.41 Å². The summed E-state index contributed by atoms with van der Waals surface area (Å²) in [5.74, 6) is 0.312. The molecule has 1 aliphatic heterocycles. The normalized spacial score (nSPS) is 17.9. The average molecular weight is 306 g/mol. The Kier molecular flexibility index (Phi) is 3.95. The summed E-state index contributed by atoms with van der Waals surface area (Å²) in [6.07, 6.45) is 3.94. The van der Waals surface area contributed by atoms with Crippen LogP contribution in [0.25, 0.3) is 0 Å². The highest BCUT2D eigenvalue weighted by molar-refractivity contribution is 5.81. The van der Waals surface area contributed by atoms with Crippen molar-refractivity contribution in [2.75, 3.05) is 11.4 Å². The number of hydrogen-bond acceptors (Lipinski definition) is 3. The standard InChI is InChI=1S/C20H22N2O/c1-4-22-18-11-10-16(23)14-17(18)20(2,3)19(22)12-13-21-15-8-6-5-7-9-15/h5-14,23H,4H2,1-3H3/b19-12-,21-13?. The highest BCUT2D eigenvalue weighted by Gasteiger charge is 2.39. The van der Waals surface area contributed by atoms with E-state index in [4.69, 9.17) is 0 Å². The van der Waals surface area contributed by atoms with Gasteiger partial charge in [-0.15, -0.1) is 0 Å². The van der Waals surface area contributed by atoms with Crippen LogP contribution in [0.15, 0.2) is 65.3 Å². The molecule has 0 spiro atoms. The van der Waals surface area contributed by atoms with Gasteiger partial charge in [-0.2, -0.15) is 0 Å². The molecule has 0 amide bonds. The molecule has 2 aromatic rings. The summed E-state index contributed by atoms with van der Waals surface area (Å²) in [6.45, 7) is 7.39. The minimum atomic E-state index is -0.160. The molecule has 3 rings (SSSR count). The van der Waals surface area contributed by atoms with Crippen molar-refractivity contribution in [2.45, 2.75) is 26.2 Å². The lowest BCUT2D eigenvalue weighted by Crippen LogP contribution is -2.26. The van der Waals surface area contributed by atoms with Crippen LogP contribution in [0.4, 0.5) is 11.4 Å². The van der Waals surface area contributed by atoms with E-state index in [1.165, 1.54) is 5.70 Å². The van der Waals surface area contributed by atoms with Crippen LogP contribution in [0.2, 0.25) is 0 Å². The second-order valence-corrected chi connectivity index (χ2v) is 6.24. The first-order chi connectivity index (χ1) is 11.0. The molecule has 0 unspecified atom stereocenters. The van der Waals surface area contributed by atoms with Crippen molar-refractivity contribution in [2.24, 2.45) is 4.99 Å². The molecular weight excluding hydrogens is 284 g/mol. The number of para-hydroxylation sites is 1. The number of rotatable bonds is 3. The van der Waals surface area contributed by atoms with E-state index in [-0.39, 0.29) is 5.41 Å². The zero-order valence-corrected chi connectivity index (χ0v) is 13.8. The van der Waals surface area contributed by atoms with E-state index < -0.39 is 0 Å². The highest BCUT2D eigenvalue weighted by Crippen LogP contribution is 2.48. The molecule has 23 heavy (non-hydrogen) atoms. The Morgan fingerprint density at radius 1 is 1.13 bits per heavy atom. The first-order valence-electron chi connectivity index (χ1n) is 7.95. The zero-order valence-electron chi connectivity index (χ0n) is 13.8. The van der Waals surface area contributed by atoms with Gasteiger partial charge in [-0.05, 0) is 48.9 Å². The van der Waals surface area contributed by atoms with Gasteiger partial charge in [-0.3, -0.25) is 4.99 Å². The van der Waals surface area contributed by atoms with E-state index in [1.54, 1.807) is 6.07 Å². The molecule has 0 radical (unpaired) electrons. The average Bonchev–Trinajstić information content (AvgIpc) is 2.76. The van der Waals surface area contributed by atoms with E-state index >= 15 is 0 Å². The Morgan fingerprint density at radius 2 is 1.87 bits per heavy atom. The fourth-order valence-corrected chi connectivity index (χ4v) is 3.21. The largest absolute Gasteiger partial charge is 0.508 e. The van der Waals surface area contributed by atoms with Crippen molar-refractivity contribution >= 4 is 17.6 Å². The van der Waals surface area contributed by atoms with E-state index in [2.05, 4.69) is 36.7 Å². The van der Waals surface area contributed by atoms with Gasteiger partial charge in [-0.25, -0.2) is 0 Å². The van der Waals surface area contributed by atoms with Crippen LogP contribution in [0.1, 0.15) is 26.3 Å². The number of aromatic hydroxyl groups is 1. The maximum Gasteiger partial charge on any atom is 0.116 e. The van der Waals surface area contributed by atoms with Crippen LogP contribution >= 0.6 is 0 Å². The van der Waals surface area contributed by atoms with Crippen LogP contribution < -0.4 is 4.90 Å². The summed E-state index contributed by atoms with van der Waals surface area (Å²) in [5, 5.41) is 9.83. The predicted molar refractivity (Wildman–Crippen MR) is 96.8 cm³/mol. The number of nitrogens with zero attached hydrogens (tertiary/aromatic N) is 2. The lowest BCUT2D eigenvalue weighted by molar-refractivity contribution is 0.473. The van der Waals surface area contributed by atoms with Crippen molar-refractivity contribution in [1.82, 2.24) is 0 Å². The van der Waals surface area contributed by atoms with E-state index in [0.717, 1.165) is 23.5 Å². The van der Waals surface area contributed by atoms with Gasteiger partial charge >= 0.3 is 0 Å². The lowest BCUT2D eigenvalue weighted by Gasteiger charge is -2.25. The van der Waals surface area contributed by atoms with Crippen LogP contribution in [-0.4, -0.2) is 17.9 Å². The SMILES string of the molecule is CCN1/C(=C\C=Nc2ccccc2)C(C)(C)c2cc(O)ccc21. The number of hydrogen-bond donors (Lipinski definition) is 1. The number of aliphatic imine (C=N–C) groups is 1. The Labute approximate surface area is 137 Å². The fourth-order valence-electron chi connectivity index (χ4n) is 3.21. The summed E-state index contributed by atoms with van der Waals surface area (Å²) in [6, 6.07) is 15.5. The molecule has 0 saturated heterocycles. The first-order valence-corrected chi connectivity index (χ1v) is 7.95. The summed E-state index contributed by atoms with van der Waals surface area (Å²) in [4.78, 5) is 6.79. The maximum atomic E-state index is 9.83. The Balaban J connectivity index is 1.99. The van der Waals surface area contributed by atoms with E-state index in [9.17, 15) is 5.11 Å². The van der Waals surface area contributed by atoms with Gasteiger partial charge in [0.1, 0.15) is 5.75 Å². The number of benzene rings is 2. The third kappa shape index (κ3) is 2.74. The van der Waals surface area contributed by atoms with Gasteiger partial charge in [0, 0.05) is 29.6 Å². The van der Waals surface area contributed by atoms with Crippen LogP contribution in [0.5, 0.6) is 5.75 Å². The van der Waals surface area contributed by atoms with Gasteiger partial charge in [0.25, 0.3) is 0 Å². The van der Waals surface area contributed by atoms with Gasteiger partial charge in [0.2, 0.25) is 0 Å². The predicted octanol–water partition coefficient (Wildman–Crippen LogP) is 4.80. The number of allylic oxidation sites excluding steroid dienone is 2. The third-order valence-corrected chi connectivity index (χ3v) is 4.40. The lowest BCUT2D eigenvalue weighted by atomic mass is 9.83. The highest BCUT2D eigenvalue weighted by atomic mass is 16.3. The van der Waals surface area contributed by atoms with Crippen molar-refractivity contribution in [1.29, 1.82) is 0 Å². The summed E-state index contributed by atoms with van der Waals surface area (Å²) in [7, 11) is 0. The molecule has 0 aliphatic carbocycles. The minimum Gasteiger partial charge on any atom is -0.508 e. The van der Waals surface area contributed by atoms with Gasteiger partial charge in [0.05, 0.1) is 5.69 Å². The third-order valence-electron chi connectivity index (χ3n) is 4.40. The summed E-state index contributed by atoms with van der Waals surface area (Å²) < 4.78 is 0. The first kappa shape index (κ1) is 15.3. The quantitative estimate of drug-likeness (QED) is 0.827. The zero-order chi connectivity index (χ0) is 16.4. The number of phenols is 1. The van der Waals surface area contributed by atoms with Crippen molar-refractivity contribution in [3.63, 3.8) is 0 Å². The second kappa shape index (κ2) is 5.92. The van der Waals surface area contributed by atoms with Gasteiger partial charge < -0.3 is 10.0 Å². The van der Waals surface area contributed by atoms with E-state index in [0.29, 0.717) is 5.75 Å². The Hall–Kier alpha value is -2.55. The van der Waals surface area contributed by atoms with Gasteiger partial charge in [0.15, 0.2) is 0 Å². The molecule has 0 bridgehead atoms. The second-order valence-electron chi connectivity index (χ2n) is 6.24. The minimum absolute atomic E-state index is 0.160. The fraction of sp³-hybridized carbons (Fsp3) is 0.250. The molecule has 1 heterocycles. The van der Waals surface area contributed by atoms with Crippen molar-refractivity contribution in [3.8, 4) is 5.75 Å². The van der Waals surface area contributed by atoms with Crippen molar-refractivity contribution in [3.05, 3.63) is 65.9 Å². The topological polar surface area (TPSA) is 35.8 Å². The Bertz CT molecular complexity index is 760. The van der Waals surface area contributed by atoms with Crippen molar-refractivity contribution < 1.29 is 5.11 Å². The molecule has 3 nitrogen and oxygen atoms in total. The molecule has 0 fully saturated rings. The maximum absolute atomic E-state index is 9.83. The molecule has 1 aliphatic rings. The number of fused-ring (bicyclic) bond motifs is 1. The molecule has 0 saturated carbocycles. The van der Waals surface area contributed by atoms with Crippen LogP contribution in [0.3, 0.4) is 0 Å². The molecular formula is C20H22N2O. The molecule has 2 aromatic carbocycles. The number of likely N-dealkylation sites (N-methyl/N-ethyl adjacent to an activating group) is 1. The molecule has 1 N–H and O–H groups in total. The number of anilines is 1. The summed E-state index contributed by atoms with van der Waals surface area (Å²) >= 11 is 0. The monoisotopic (exact) mass is 306 g/mol. The van der Waals surface area contributed by atoms with Gasteiger partial charge in [-0.1, -0.05) is 32.0 Å². The summed E-state index contributed by atoms with van der Waals surface area (Å²) in [5.41, 5.74) is 4.29. The number of phenolic OH excluding ortho intramolecular Hbond substituents is 1. The molecule has 118 valence electrons. The van der Waals surface area contributed by atoms with E-state index in [1.807, 2.05) is 48.7 Å². The smallest absolute Gasteiger partial charge is 0.116 e. The molecule has 0 atom stereocenters.